The Kier molecular flexibility index (Phi) is 1.18. The van der Waals surface area contributed by atoms with Crippen LogP contribution in [0.25, 0.3) is 0 Å². The predicted molar refractivity (Wildman–Crippen MR) is 34.6 cm³/mol. The van der Waals surface area contributed by atoms with Gasteiger partial charge in [-0.2, -0.15) is 0 Å². The smallest absolute Gasteiger partial charge is 0.189 e. The van der Waals surface area contributed by atoms with Crippen molar-refractivity contribution in [2.24, 2.45) is 4.99 Å². The highest BCUT2D eigenvalue weighted by atomic mass is 15.3. The summed E-state index contributed by atoms with van der Waals surface area (Å²) in [5, 5.41) is 0. The van der Waals surface area contributed by atoms with Crippen LogP contribution in [0.3, 0.4) is 0 Å². The Morgan fingerprint density at radius 3 is 2.50 bits per heavy atom. The number of rotatable bonds is 0. The fourth-order valence-corrected chi connectivity index (χ4v) is 0.646. The van der Waals surface area contributed by atoms with E-state index in [2.05, 4.69) is 25.2 Å². The summed E-state index contributed by atoms with van der Waals surface area (Å²) in [5.41, 5.74) is 0. The second-order valence-electron chi connectivity index (χ2n) is 2.61. The van der Waals surface area contributed by atoms with Crippen molar-refractivity contribution < 1.29 is 4.48 Å². The van der Waals surface area contributed by atoms with Crippen molar-refractivity contribution >= 4 is 6.34 Å². The molecule has 0 amide bonds. The van der Waals surface area contributed by atoms with Gasteiger partial charge in [0.2, 0.25) is 0 Å². The summed E-state index contributed by atoms with van der Waals surface area (Å²) in [5.74, 6) is 0. The minimum Gasteiger partial charge on any atom is -0.283 e. The van der Waals surface area contributed by atoms with Gasteiger partial charge < -0.3 is 0 Å². The molecule has 0 saturated heterocycles. The monoisotopic (exact) mass is 111 g/mol. The molecule has 1 aliphatic heterocycles. The second-order valence-corrected chi connectivity index (χ2v) is 2.61. The van der Waals surface area contributed by atoms with Crippen molar-refractivity contribution in [1.29, 1.82) is 0 Å². The maximum absolute atomic E-state index is 4.00. The molecule has 44 valence electrons. The van der Waals surface area contributed by atoms with E-state index in [0.717, 1.165) is 11.0 Å². The first-order chi connectivity index (χ1) is 3.71. The number of aliphatic imine (C=N–C) groups is 1. The Morgan fingerprint density at radius 1 is 1.50 bits per heavy atom. The van der Waals surface area contributed by atoms with Crippen molar-refractivity contribution in [2.75, 3.05) is 20.6 Å². The summed E-state index contributed by atoms with van der Waals surface area (Å²) in [7, 11) is 4.24. The lowest BCUT2D eigenvalue weighted by molar-refractivity contribution is -0.786. The molecule has 0 atom stereocenters. The lowest BCUT2D eigenvalue weighted by atomic mass is 10.4. The average molecular weight is 111 g/mol. The number of likely N-dealkylation sites (N-methyl/N-ethyl adjacent to an activating group) is 1. The van der Waals surface area contributed by atoms with Gasteiger partial charge in [-0.25, -0.2) is 4.99 Å². The molecule has 0 saturated carbocycles. The van der Waals surface area contributed by atoms with Gasteiger partial charge in [-0.15, -0.1) is 0 Å². The Bertz CT molecular complexity index is 133. The molecular formula is C6H11N2+. The van der Waals surface area contributed by atoms with Crippen LogP contribution < -0.4 is 0 Å². The molecule has 0 N–H and O–H groups in total. The van der Waals surface area contributed by atoms with Gasteiger partial charge in [-0.3, -0.25) is 4.48 Å². The first kappa shape index (κ1) is 5.51. The molecule has 1 heterocycles. The molecule has 0 bridgehead atoms. The molecule has 1 rings (SSSR count). The van der Waals surface area contributed by atoms with Crippen molar-refractivity contribution in [3.63, 3.8) is 0 Å². The SMILES string of the molecule is C[N+]1(C)C=NC=CC1. The molecule has 0 aromatic carbocycles. The van der Waals surface area contributed by atoms with Gasteiger partial charge in [0.1, 0.15) is 6.54 Å². The van der Waals surface area contributed by atoms with Gasteiger partial charge in [0, 0.05) is 6.20 Å². The summed E-state index contributed by atoms with van der Waals surface area (Å²) < 4.78 is 0.872. The normalized spacial score (nSPS) is 23.8. The van der Waals surface area contributed by atoms with Crippen LogP contribution in [0.15, 0.2) is 17.3 Å². The maximum atomic E-state index is 4.00. The molecule has 0 unspecified atom stereocenters. The third-order valence-electron chi connectivity index (χ3n) is 1.15. The Hall–Kier alpha value is -0.630. The zero-order chi connectivity index (χ0) is 6.04. The van der Waals surface area contributed by atoms with Crippen LogP contribution >= 0.6 is 0 Å². The van der Waals surface area contributed by atoms with Crippen LogP contribution in [-0.4, -0.2) is 31.5 Å². The van der Waals surface area contributed by atoms with Crippen molar-refractivity contribution in [1.82, 2.24) is 0 Å². The Morgan fingerprint density at radius 2 is 2.25 bits per heavy atom. The topological polar surface area (TPSA) is 12.4 Å². The molecule has 0 radical (unpaired) electrons. The number of nitrogens with zero attached hydrogens (tertiary/aromatic N) is 2. The first-order valence-electron chi connectivity index (χ1n) is 2.73. The molecule has 0 fully saturated rings. The fourth-order valence-electron chi connectivity index (χ4n) is 0.646. The first-order valence-corrected chi connectivity index (χ1v) is 2.73. The molecule has 0 spiro atoms. The van der Waals surface area contributed by atoms with E-state index in [1.807, 2.05) is 12.5 Å². The van der Waals surface area contributed by atoms with Gasteiger partial charge in [-0.05, 0) is 6.08 Å². The summed E-state index contributed by atoms with van der Waals surface area (Å²) in [6.07, 6.45) is 5.84. The van der Waals surface area contributed by atoms with Gasteiger partial charge in [-0.1, -0.05) is 0 Å². The molecule has 1 aliphatic rings. The highest BCUT2D eigenvalue weighted by molar-refractivity contribution is 5.48. The number of hydrogen-bond acceptors (Lipinski definition) is 1. The number of hydrogen-bond donors (Lipinski definition) is 0. The number of quaternary nitrogens is 1. The third kappa shape index (κ3) is 1.17. The minimum atomic E-state index is 0.872. The Labute approximate surface area is 49.7 Å². The van der Waals surface area contributed by atoms with E-state index in [1.54, 1.807) is 0 Å². The third-order valence-corrected chi connectivity index (χ3v) is 1.15. The average Bonchev–Trinajstić information content (AvgIpc) is 1.65. The van der Waals surface area contributed by atoms with Gasteiger partial charge in [0.15, 0.2) is 6.34 Å². The fraction of sp³-hybridized carbons (Fsp3) is 0.500. The Balaban J connectivity index is 2.65. The standard InChI is InChI=1S/C6H11N2/c1-8(2)5-3-4-7-6-8/h3-4,6H,5H2,1-2H3/q+1. The van der Waals surface area contributed by atoms with Crippen LogP contribution in [-0.2, 0) is 0 Å². The molecule has 8 heavy (non-hydrogen) atoms. The van der Waals surface area contributed by atoms with Gasteiger partial charge in [0.25, 0.3) is 0 Å². The van der Waals surface area contributed by atoms with Crippen molar-refractivity contribution in [3.05, 3.63) is 12.3 Å². The van der Waals surface area contributed by atoms with E-state index in [1.165, 1.54) is 0 Å². The van der Waals surface area contributed by atoms with Crippen LogP contribution in [0.1, 0.15) is 0 Å². The lowest BCUT2D eigenvalue weighted by Gasteiger charge is -2.22. The van der Waals surface area contributed by atoms with Crippen molar-refractivity contribution in [2.45, 2.75) is 0 Å². The van der Waals surface area contributed by atoms with E-state index in [0.29, 0.717) is 0 Å². The molecule has 0 aromatic rings. The highest BCUT2D eigenvalue weighted by Crippen LogP contribution is 1.97. The summed E-state index contributed by atoms with van der Waals surface area (Å²) >= 11 is 0. The van der Waals surface area contributed by atoms with Crippen LogP contribution in [0.4, 0.5) is 0 Å². The largest absolute Gasteiger partial charge is 0.283 e. The van der Waals surface area contributed by atoms with E-state index in [4.69, 9.17) is 0 Å². The summed E-state index contributed by atoms with van der Waals surface area (Å²) in [6.45, 7) is 1.06. The molecule has 0 aliphatic carbocycles. The summed E-state index contributed by atoms with van der Waals surface area (Å²) in [6, 6.07) is 0. The van der Waals surface area contributed by atoms with E-state index in [9.17, 15) is 0 Å². The second kappa shape index (κ2) is 1.71. The van der Waals surface area contributed by atoms with E-state index >= 15 is 0 Å². The van der Waals surface area contributed by atoms with Crippen LogP contribution in [0.2, 0.25) is 0 Å². The zero-order valence-corrected chi connectivity index (χ0v) is 5.33. The van der Waals surface area contributed by atoms with E-state index in [-0.39, 0.29) is 0 Å². The van der Waals surface area contributed by atoms with E-state index < -0.39 is 0 Å². The van der Waals surface area contributed by atoms with Gasteiger partial charge >= 0.3 is 0 Å². The molecular weight excluding hydrogens is 100 g/mol. The zero-order valence-electron chi connectivity index (χ0n) is 5.33. The van der Waals surface area contributed by atoms with Crippen molar-refractivity contribution in [3.8, 4) is 0 Å². The molecule has 0 aromatic heterocycles. The predicted octanol–water partition coefficient (Wildman–Crippen LogP) is 0.618. The van der Waals surface area contributed by atoms with Crippen LogP contribution in [0, 0.1) is 0 Å². The minimum absolute atomic E-state index is 0.872. The maximum Gasteiger partial charge on any atom is 0.189 e. The lowest BCUT2D eigenvalue weighted by Crippen LogP contribution is -2.38. The van der Waals surface area contributed by atoms with Gasteiger partial charge in [0.05, 0.1) is 14.1 Å². The molecule has 2 nitrogen and oxygen atoms in total. The van der Waals surface area contributed by atoms with Crippen LogP contribution in [0.5, 0.6) is 0 Å². The quantitative estimate of drug-likeness (QED) is 0.406. The summed E-state index contributed by atoms with van der Waals surface area (Å²) in [4.78, 5) is 4.00. The highest BCUT2D eigenvalue weighted by Gasteiger charge is 2.10. The molecule has 2 heteroatoms.